The van der Waals surface area contributed by atoms with Gasteiger partial charge >= 0.3 is 12.1 Å². The standard InChI is InChI=1S/C16H23NO5/c1-10(11-6-8-12(21-5)9-7-11)13(14(18)19)17-15(20)22-16(2,3)4/h6-10,13H,1-5H3,(H,17,20)(H,18,19)/t10-,13+/m0/s1. The minimum atomic E-state index is -1.12. The van der Waals surface area contributed by atoms with Crippen LogP contribution in [0.3, 0.4) is 0 Å². The summed E-state index contributed by atoms with van der Waals surface area (Å²) in [7, 11) is 1.56. The Morgan fingerprint density at radius 1 is 1.18 bits per heavy atom. The van der Waals surface area contributed by atoms with Crippen LogP contribution in [0, 0.1) is 0 Å². The van der Waals surface area contributed by atoms with E-state index in [1.165, 1.54) is 0 Å². The van der Waals surface area contributed by atoms with Crippen LogP contribution in [0.2, 0.25) is 0 Å². The normalized spacial score (nSPS) is 13.9. The Hall–Kier alpha value is -2.24. The van der Waals surface area contributed by atoms with Gasteiger partial charge in [0.05, 0.1) is 7.11 Å². The quantitative estimate of drug-likeness (QED) is 0.873. The Kier molecular flexibility index (Phi) is 5.79. The number of rotatable bonds is 5. The molecular formula is C16H23NO5. The van der Waals surface area contributed by atoms with E-state index in [1.54, 1.807) is 59.1 Å². The van der Waals surface area contributed by atoms with E-state index in [2.05, 4.69) is 5.32 Å². The number of carbonyl (C=O) groups is 2. The summed E-state index contributed by atoms with van der Waals surface area (Å²) in [5, 5.41) is 11.8. The highest BCUT2D eigenvalue weighted by Crippen LogP contribution is 2.22. The maximum absolute atomic E-state index is 11.8. The van der Waals surface area contributed by atoms with E-state index < -0.39 is 29.6 Å². The van der Waals surface area contributed by atoms with Gasteiger partial charge in [-0.1, -0.05) is 19.1 Å². The minimum Gasteiger partial charge on any atom is -0.497 e. The summed E-state index contributed by atoms with van der Waals surface area (Å²) in [4.78, 5) is 23.2. The number of amides is 1. The second-order valence-electron chi connectivity index (χ2n) is 6.02. The lowest BCUT2D eigenvalue weighted by atomic mass is 9.93. The van der Waals surface area contributed by atoms with Crippen molar-refractivity contribution in [3.8, 4) is 5.75 Å². The number of alkyl carbamates (subject to hydrolysis) is 1. The highest BCUT2D eigenvalue weighted by Gasteiger charge is 2.29. The molecule has 6 heteroatoms. The molecule has 0 radical (unpaired) electrons. The Morgan fingerprint density at radius 2 is 1.73 bits per heavy atom. The molecule has 1 aromatic rings. The summed E-state index contributed by atoms with van der Waals surface area (Å²) >= 11 is 0. The second-order valence-corrected chi connectivity index (χ2v) is 6.02. The SMILES string of the molecule is COc1ccc([C@H](C)[C@@H](NC(=O)OC(C)(C)C)C(=O)O)cc1. The van der Waals surface area contributed by atoms with Crippen molar-refractivity contribution in [3.05, 3.63) is 29.8 Å². The zero-order valence-corrected chi connectivity index (χ0v) is 13.5. The lowest BCUT2D eigenvalue weighted by Crippen LogP contribution is -2.46. The van der Waals surface area contributed by atoms with Crippen LogP contribution >= 0.6 is 0 Å². The summed E-state index contributed by atoms with van der Waals surface area (Å²) in [6.07, 6.45) is -0.750. The van der Waals surface area contributed by atoms with Crippen molar-refractivity contribution in [2.45, 2.75) is 45.3 Å². The molecule has 122 valence electrons. The fourth-order valence-electron chi connectivity index (χ4n) is 1.94. The molecule has 1 rings (SSSR count). The molecule has 0 saturated carbocycles. The number of benzene rings is 1. The molecule has 6 nitrogen and oxygen atoms in total. The van der Waals surface area contributed by atoms with Gasteiger partial charge in [0.25, 0.3) is 0 Å². The van der Waals surface area contributed by atoms with Gasteiger partial charge in [0.2, 0.25) is 0 Å². The number of carboxylic acid groups (broad SMARTS) is 1. The number of carbonyl (C=O) groups excluding carboxylic acids is 1. The molecule has 0 bridgehead atoms. The molecule has 2 N–H and O–H groups in total. The van der Waals surface area contributed by atoms with E-state index in [0.29, 0.717) is 5.75 Å². The van der Waals surface area contributed by atoms with E-state index >= 15 is 0 Å². The van der Waals surface area contributed by atoms with Crippen molar-refractivity contribution in [1.82, 2.24) is 5.32 Å². The molecule has 1 amide bonds. The first-order valence-electron chi connectivity index (χ1n) is 7.00. The molecule has 0 fully saturated rings. The van der Waals surface area contributed by atoms with Crippen LogP contribution in [0.5, 0.6) is 5.75 Å². The molecule has 0 aliphatic carbocycles. The first kappa shape index (κ1) is 17.8. The summed E-state index contributed by atoms with van der Waals surface area (Å²) < 4.78 is 10.2. The smallest absolute Gasteiger partial charge is 0.408 e. The predicted molar refractivity (Wildman–Crippen MR) is 82.2 cm³/mol. The fourth-order valence-corrected chi connectivity index (χ4v) is 1.94. The van der Waals surface area contributed by atoms with Crippen LogP contribution in [0.15, 0.2) is 24.3 Å². The fraction of sp³-hybridized carbons (Fsp3) is 0.500. The van der Waals surface area contributed by atoms with Gasteiger partial charge < -0.3 is 19.9 Å². The molecule has 2 atom stereocenters. The van der Waals surface area contributed by atoms with E-state index in [0.717, 1.165) is 5.56 Å². The zero-order chi connectivity index (χ0) is 16.9. The average molecular weight is 309 g/mol. The molecule has 0 aliphatic rings. The van der Waals surface area contributed by atoms with Gasteiger partial charge in [-0.3, -0.25) is 0 Å². The van der Waals surface area contributed by atoms with Crippen LogP contribution in [0.25, 0.3) is 0 Å². The summed E-state index contributed by atoms with van der Waals surface area (Å²) in [6.45, 7) is 6.89. The number of carboxylic acids is 1. The number of aliphatic carboxylic acids is 1. The third-order valence-electron chi connectivity index (χ3n) is 3.08. The summed E-state index contributed by atoms with van der Waals surface area (Å²) in [5.41, 5.74) is 0.0977. The van der Waals surface area contributed by atoms with Gasteiger partial charge in [-0.25, -0.2) is 9.59 Å². The molecule has 0 heterocycles. The van der Waals surface area contributed by atoms with Crippen LogP contribution < -0.4 is 10.1 Å². The van der Waals surface area contributed by atoms with Crippen LogP contribution in [0.4, 0.5) is 4.79 Å². The number of hydrogen-bond donors (Lipinski definition) is 2. The van der Waals surface area contributed by atoms with Gasteiger partial charge in [-0.15, -0.1) is 0 Å². The lowest BCUT2D eigenvalue weighted by molar-refractivity contribution is -0.140. The van der Waals surface area contributed by atoms with E-state index in [9.17, 15) is 14.7 Å². The first-order valence-corrected chi connectivity index (χ1v) is 7.00. The highest BCUT2D eigenvalue weighted by atomic mass is 16.6. The zero-order valence-electron chi connectivity index (χ0n) is 13.5. The van der Waals surface area contributed by atoms with Crippen molar-refractivity contribution < 1.29 is 24.2 Å². The van der Waals surface area contributed by atoms with Crippen molar-refractivity contribution in [1.29, 1.82) is 0 Å². The van der Waals surface area contributed by atoms with Gasteiger partial charge in [0, 0.05) is 5.92 Å². The minimum absolute atomic E-state index is 0.420. The predicted octanol–water partition coefficient (Wildman–Crippen LogP) is 2.78. The van der Waals surface area contributed by atoms with E-state index in [1.807, 2.05) is 0 Å². The number of methoxy groups -OCH3 is 1. The first-order chi connectivity index (χ1) is 10.1. The van der Waals surface area contributed by atoms with Crippen LogP contribution in [-0.4, -0.2) is 35.9 Å². The van der Waals surface area contributed by atoms with Gasteiger partial charge in [-0.05, 0) is 38.5 Å². The molecular weight excluding hydrogens is 286 g/mol. The van der Waals surface area contributed by atoms with Crippen molar-refractivity contribution in [2.24, 2.45) is 0 Å². The third-order valence-corrected chi connectivity index (χ3v) is 3.08. The molecule has 0 aliphatic heterocycles. The number of nitrogens with one attached hydrogen (secondary N) is 1. The number of hydrogen-bond acceptors (Lipinski definition) is 4. The Morgan fingerprint density at radius 3 is 2.14 bits per heavy atom. The molecule has 22 heavy (non-hydrogen) atoms. The Bertz CT molecular complexity index is 518. The topological polar surface area (TPSA) is 84.9 Å². The van der Waals surface area contributed by atoms with Crippen LogP contribution in [0.1, 0.15) is 39.2 Å². The van der Waals surface area contributed by atoms with E-state index in [-0.39, 0.29) is 0 Å². The summed E-state index contributed by atoms with van der Waals surface area (Å²) in [6, 6.07) is 5.96. The molecule has 0 aromatic heterocycles. The Balaban J connectivity index is 2.85. The van der Waals surface area contributed by atoms with Gasteiger partial charge in [0.15, 0.2) is 0 Å². The van der Waals surface area contributed by atoms with E-state index in [4.69, 9.17) is 9.47 Å². The third kappa shape index (κ3) is 5.27. The maximum Gasteiger partial charge on any atom is 0.408 e. The lowest BCUT2D eigenvalue weighted by Gasteiger charge is -2.25. The Labute approximate surface area is 130 Å². The van der Waals surface area contributed by atoms with Crippen molar-refractivity contribution in [2.75, 3.05) is 7.11 Å². The van der Waals surface area contributed by atoms with Gasteiger partial charge in [0.1, 0.15) is 17.4 Å². The van der Waals surface area contributed by atoms with Crippen molar-refractivity contribution >= 4 is 12.1 Å². The molecule has 0 spiro atoms. The summed E-state index contributed by atoms with van der Waals surface area (Å²) in [5.74, 6) is -0.854. The molecule has 1 aromatic carbocycles. The monoisotopic (exact) mass is 309 g/mol. The maximum atomic E-state index is 11.8. The number of ether oxygens (including phenoxy) is 2. The largest absolute Gasteiger partial charge is 0.497 e. The highest BCUT2D eigenvalue weighted by molar-refractivity contribution is 5.81. The van der Waals surface area contributed by atoms with Crippen LogP contribution in [-0.2, 0) is 9.53 Å². The second kappa shape index (κ2) is 7.15. The van der Waals surface area contributed by atoms with Crippen molar-refractivity contribution in [3.63, 3.8) is 0 Å². The average Bonchev–Trinajstić information content (AvgIpc) is 2.42. The van der Waals surface area contributed by atoms with Gasteiger partial charge in [-0.2, -0.15) is 0 Å². The molecule has 0 saturated heterocycles. The molecule has 0 unspecified atom stereocenters.